The SMILES string of the molecule is CC(C)c1cc(NC(=O)C2CCC=c3c2ccc2c3=CCc3ccccc3-2)c(F)cc1Cl. The molecule has 0 fully saturated rings. The molecule has 0 aromatic heterocycles. The highest BCUT2D eigenvalue weighted by Crippen LogP contribution is 2.32. The van der Waals surface area contributed by atoms with E-state index in [1.54, 1.807) is 6.07 Å². The number of anilines is 1. The highest BCUT2D eigenvalue weighted by Gasteiger charge is 2.26. The summed E-state index contributed by atoms with van der Waals surface area (Å²) in [5, 5.41) is 5.58. The molecule has 2 aliphatic rings. The lowest BCUT2D eigenvalue weighted by Crippen LogP contribution is -2.38. The zero-order valence-corrected chi connectivity index (χ0v) is 19.0. The lowest BCUT2D eigenvalue weighted by atomic mass is 9.82. The quantitative estimate of drug-likeness (QED) is 0.534. The summed E-state index contributed by atoms with van der Waals surface area (Å²) < 4.78 is 14.6. The molecule has 2 aliphatic carbocycles. The average Bonchev–Trinajstić information content (AvgIpc) is 2.79. The number of amides is 1. The van der Waals surface area contributed by atoms with Crippen molar-refractivity contribution in [2.24, 2.45) is 0 Å². The molecule has 0 saturated carbocycles. The van der Waals surface area contributed by atoms with Crippen LogP contribution in [-0.2, 0) is 11.2 Å². The van der Waals surface area contributed by atoms with E-state index in [1.165, 1.54) is 28.0 Å². The van der Waals surface area contributed by atoms with E-state index in [9.17, 15) is 9.18 Å². The van der Waals surface area contributed by atoms with Gasteiger partial charge < -0.3 is 5.32 Å². The largest absolute Gasteiger partial charge is 0.323 e. The van der Waals surface area contributed by atoms with Crippen LogP contribution in [-0.4, -0.2) is 5.91 Å². The Hall–Kier alpha value is -2.91. The first kappa shape index (κ1) is 21.0. The maximum atomic E-state index is 14.6. The summed E-state index contributed by atoms with van der Waals surface area (Å²) in [7, 11) is 0. The van der Waals surface area contributed by atoms with Gasteiger partial charge in [-0.3, -0.25) is 4.79 Å². The van der Waals surface area contributed by atoms with Gasteiger partial charge in [-0.1, -0.05) is 74.0 Å². The van der Waals surface area contributed by atoms with Crippen LogP contribution >= 0.6 is 11.6 Å². The Labute approximate surface area is 192 Å². The van der Waals surface area contributed by atoms with E-state index in [0.717, 1.165) is 29.2 Å². The first-order valence-electron chi connectivity index (χ1n) is 11.2. The highest BCUT2D eigenvalue weighted by atomic mass is 35.5. The number of nitrogens with one attached hydrogen (secondary N) is 1. The molecule has 0 spiro atoms. The van der Waals surface area contributed by atoms with Gasteiger partial charge in [0.1, 0.15) is 5.82 Å². The molecule has 1 amide bonds. The van der Waals surface area contributed by atoms with Gasteiger partial charge >= 0.3 is 0 Å². The Bertz CT molecular complexity index is 1360. The van der Waals surface area contributed by atoms with Crippen molar-refractivity contribution in [3.8, 4) is 11.1 Å². The molecule has 0 saturated heterocycles. The van der Waals surface area contributed by atoms with Crippen LogP contribution in [0.5, 0.6) is 0 Å². The van der Waals surface area contributed by atoms with Crippen LogP contribution in [0.1, 0.15) is 55.2 Å². The molecule has 0 heterocycles. The highest BCUT2D eigenvalue weighted by molar-refractivity contribution is 6.31. The second kappa shape index (κ2) is 8.22. The third-order valence-corrected chi connectivity index (χ3v) is 6.94. The maximum absolute atomic E-state index is 14.6. The molecule has 2 nitrogen and oxygen atoms in total. The predicted octanol–water partition coefficient (Wildman–Crippen LogP) is 5.90. The molecule has 5 rings (SSSR count). The van der Waals surface area contributed by atoms with E-state index < -0.39 is 5.82 Å². The van der Waals surface area contributed by atoms with Crippen LogP contribution in [0.3, 0.4) is 0 Å². The molecule has 4 heteroatoms. The number of rotatable bonds is 3. The molecule has 0 radical (unpaired) electrons. The van der Waals surface area contributed by atoms with Crippen molar-refractivity contribution < 1.29 is 9.18 Å². The average molecular weight is 446 g/mol. The third kappa shape index (κ3) is 3.55. The number of benzene rings is 3. The van der Waals surface area contributed by atoms with Crippen LogP contribution in [0.25, 0.3) is 23.3 Å². The molecule has 3 aromatic rings. The molecular weight excluding hydrogens is 421 g/mol. The predicted molar refractivity (Wildman–Crippen MR) is 130 cm³/mol. The van der Waals surface area contributed by atoms with E-state index in [-0.39, 0.29) is 23.4 Å². The number of halogens is 2. The van der Waals surface area contributed by atoms with Gasteiger partial charge in [0.15, 0.2) is 0 Å². The summed E-state index contributed by atoms with van der Waals surface area (Å²) in [6.07, 6.45) is 6.92. The van der Waals surface area contributed by atoms with Crippen molar-refractivity contribution >= 4 is 35.3 Å². The number of carbonyl (C=O) groups is 1. The molecule has 32 heavy (non-hydrogen) atoms. The van der Waals surface area contributed by atoms with Crippen molar-refractivity contribution in [3.63, 3.8) is 0 Å². The van der Waals surface area contributed by atoms with E-state index in [0.29, 0.717) is 11.4 Å². The molecular formula is C28H25ClFNO. The van der Waals surface area contributed by atoms with E-state index in [2.05, 4.69) is 53.9 Å². The fourth-order valence-corrected chi connectivity index (χ4v) is 5.33. The van der Waals surface area contributed by atoms with Gasteiger partial charge in [-0.05, 0) is 75.6 Å². The van der Waals surface area contributed by atoms with Gasteiger partial charge in [-0.2, -0.15) is 0 Å². The lowest BCUT2D eigenvalue weighted by Gasteiger charge is -2.24. The number of hydrogen-bond acceptors (Lipinski definition) is 1. The first-order valence-corrected chi connectivity index (χ1v) is 11.5. The molecule has 0 aliphatic heterocycles. The first-order chi connectivity index (χ1) is 15.4. The Morgan fingerprint density at radius 1 is 1.06 bits per heavy atom. The van der Waals surface area contributed by atoms with E-state index in [1.807, 2.05) is 13.8 Å². The monoisotopic (exact) mass is 445 g/mol. The topological polar surface area (TPSA) is 29.1 Å². The standard InChI is InChI=1S/C28H25ClFNO/c1-16(2)24-14-27(26(30)15-25(24)29)31-28(32)23-9-5-8-19-21-11-10-17-6-3-4-7-18(17)20(21)12-13-22(19)23/h3-4,6-8,11-16,23H,5,9-10H2,1-2H3,(H,31,32). The fraction of sp³-hybridized carbons (Fsp3) is 0.250. The van der Waals surface area contributed by atoms with Gasteiger partial charge in [0.2, 0.25) is 5.91 Å². The zero-order valence-electron chi connectivity index (χ0n) is 18.2. The summed E-state index contributed by atoms with van der Waals surface area (Å²) in [5.41, 5.74) is 5.83. The summed E-state index contributed by atoms with van der Waals surface area (Å²) in [4.78, 5) is 13.3. The van der Waals surface area contributed by atoms with Crippen molar-refractivity contribution in [1.29, 1.82) is 0 Å². The van der Waals surface area contributed by atoms with Gasteiger partial charge in [-0.15, -0.1) is 0 Å². The number of fused-ring (bicyclic) bond motifs is 5. The molecule has 1 unspecified atom stereocenters. The summed E-state index contributed by atoms with van der Waals surface area (Å²) in [6.45, 7) is 3.99. The molecule has 1 N–H and O–H groups in total. The van der Waals surface area contributed by atoms with Crippen LogP contribution in [0, 0.1) is 5.82 Å². The molecule has 3 aromatic carbocycles. The molecule has 1 atom stereocenters. The van der Waals surface area contributed by atoms with Crippen molar-refractivity contribution in [2.45, 2.75) is 44.9 Å². The smallest absolute Gasteiger partial charge is 0.232 e. The maximum Gasteiger partial charge on any atom is 0.232 e. The minimum absolute atomic E-state index is 0.133. The number of carbonyl (C=O) groups excluding carboxylic acids is 1. The lowest BCUT2D eigenvalue weighted by molar-refractivity contribution is -0.117. The van der Waals surface area contributed by atoms with Gasteiger partial charge in [0.05, 0.1) is 11.6 Å². The Kier molecular flexibility index (Phi) is 5.38. The Balaban J connectivity index is 1.51. The summed E-state index contributed by atoms with van der Waals surface area (Å²) >= 11 is 6.19. The van der Waals surface area contributed by atoms with E-state index >= 15 is 0 Å². The van der Waals surface area contributed by atoms with Crippen LogP contribution in [0.4, 0.5) is 10.1 Å². The molecule has 0 bridgehead atoms. The summed E-state index contributed by atoms with van der Waals surface area (Å²) in [5.74, 6) is -0.866. The molecule has 162 valence electrons. The van der Waals surface area contributed by atoms with Crippen LogP contribution in [0.15, 0.2) is 48.5 Å². The summed E-state index contributed by atoms with van der Waals surface area (Å²) in [6, 6.07) is 15.6. The Morgan fingerprint density at radius 3 is 2.69 bits per heavy atom. The normalized spacial score (nSPS) is 16.3. The minimum Gasteiger partial charge on any atom is -0.323 e. The van der Waals surface area contributed by atoms with Gasteiger partial charge in [-0.25, -0.2) is 4.39 Å². The van der Waals surface area contributed by atoms with Crippen LogP contribution < -0.4 is 15.8 Å². The van der Waals surface area contributed by atoms with Crippen molar-refractivity contribution in [3.05, 3.63) is 86.5 Å². The third-order valence-electron chi connectivity index (χ3n) is 6.62. The second-order valence-corrected chi connectivity index (χ2v) is 9.33. The zero-order chi connectivity index (χ0) is 22.4. The van der Waals surface area contributed by atoms with Crippen molar-refractivity contribution in [2.75, 3.05) is 5.32 Å². The fourth-order valence-electron chi connectivity index (χ4n) is 4.96. The second-order valence-electron chi connectivity index (χ2n) is 8.93. The number of hydrogen-bond donors (Lipinski definition) is 1. The van der Waals surface area contributed by atoms with Gasteiger partial charge in [0, 0.05) is 5.02 Å². The van der Waals surface area contributed by atoms with Crippen LogP contribution in [0.2, 0.25) is 5.02 Å². The van der Waals surface area contributed by atoms with Crippen molar-refractivity contribution in [1.82, 2.24) is 0 Å². The minimum atomic E-state index is -0.509. The van der Waals surface area contributed by atoms with Gasteiger partial charge in [0.25, 0.3) is 0 Å². The van der Waals surface area contributed by atoms with E-state index in [4.69, 9.17) is 11.6 Å². The Morgan fingerprint density at radius 2 is 1.88 bits per heavy atom.